The van der Waals surface area contributed by atoms with Crippen LogP contribution in [-0.4, -0.2) is 33.6 Å². The molecular weight excluding hydrogens is 416 g/mol. The fourth-order valence-corrected chi connectivity index (χ4v) is 4.38. The van der Waals surface area contributed by atoms with Gasteiger partial charge in [-0.2, -0.15) is 0 Å². The summed E-state index contributed by atoms with van der Waals surface area (Å²) >= 11 is 0. The highest BCUT2D eigenvalue weighted by molar-refractivity contribution is 7.89. The Bertz CT molecular complexity index is 1190. The number of amides is 1. The minimum absolute atomic E-state index is 0.0277. The Labute approximate surface area is 182 Å². The third kappa shape index (κ3) is 5.34. The predicted molar refractivity (Wildman–Crippen MR) is 121 cm³/mol. The Hall–Kier alpha value is -3.10. The first-order valence-corrected chi connectivity index (χ1v) is 11.3. The lowest BCUT2D eigenvalue weighted by Crippen LogP contribution is -2.31. The average Bonchev–Trinajstić information content (AvgIpc) is 2.73. The summed E-state index contributed by atoms with van der Waals surface area (Å²) in [7, 11) is -2.28. The zero-order valence-corrected chi connectivity index (χ0v) is 18.7. The van der Waals surface area contributed by atoms with Gasteiger partial charge in [-0.05, 0) is 50.4 Å². The summed E-state index contributed by atoms with van der Waals surface area (Å²) in [4.78, 5) is 12.8. The molecule has 7 nitrogen and oxygen atoms in total. The van der Waals surface area contributed by atoms with Crippen LogP contribution in [0.4, 0.5) is 5.69 Å². The minimum Gasteiger partial charge on any atom is -0.495 e. The van der Waals surface area contributed by atoms with E-state index in [1.54, 1.807) is 26.8 Å². The molecule has 0 fully saturated rings. The second-order valence-electron chi connectivity index (χ2n) is 7.36. The van der Waals surface area contributed by atoms with E-state index in [1.807, 2.05) is 36.4 Å². The van der Waals surface area contributed by atoms with Crippen LogP contribution < -0.4 is 19.5 Å². The van der Waals surface area contributed by atoms with E-state index in [1.165, 1.54) is 25.3 Å². The van der Waals surface area contributed by atoms with Crippen molar-refractivity contribution in [3.63, 3.8) is 0 Å². The summed E-state index contributed by atoms with van der Waals surface area (Å²) in [5.74, 6) is 0.497. The molecule has 0 radical (unpaired) electrons. The van der Waals surface area contributed by atoms with Crippen molar-refractivity contribution in [1.82, 2.24) is 4.72 Å². The Morgan fingerprint density at radius 2 is 1.65 bits per heavy atom. The number of carbonyl (C=O) groups excluding carboxylic acids is 1. The molecule has 0 unspecified atom stereocenters. The number of carbonyl (C=O) groups is 1. The zero-order valence-electron chi connectivity index (χ0n) is 17.9. The lowest BCUT2D eigenvalue weighted by Gasteiger charge is -2.18. The third-order valence-electron chi connectivity index (χ3n) is 4.55. The van der Waals surface area contributed by atoms with Gasteiger partial charge in [0.05, 0.1) is 17.7 Å². The molecule has 31 heavy (non-hydrogen) atoms. The van der Waals surface area contributed by atoms with E-state index in [0.29, 0.717) is 11.5 Å². The number of hydrogen-bond donors (Lipinski definition) is 2. The number of sulfonamides is 1. The first-order valence-electron chi connectivity index (χ1n) is 9.87. The van der Waals surface area contributed by atoms with Crippen LogP contribution in [0.1, 0.15) is 20.8 Å². The van der Waals surface area contributed by atoms with E-state index in [0.717, 1.165) is 10.8 Å². The molecule has 0 aliphatic rings. The number of ether oxygens (including phenoxy) is 2. The average molecular weight is 443 g/mol. The van der Waals surface area contributed by atoms with Crippen LogP contribution in [-0.2, 0) is 14.8 Å². The van der Waals surface area contributed by atoms with Gasteiger partial charge in [0, 0.05) is 11.4 Å². The molecule has 2 N–H and O–H groups in total. The maximum atomic E-state index is 12.8. The summed E-state index contributed by atoms with van der Waals surface area (Å²) in [6, 6.07) is 17.4. The number of methoxy groups -OCH3 is 1. The van der Waals surface area contributed by atoms with Crippen molar-refractivity contribution < 1.29 is 22.7 Å². The first kappa shape index (κ1) is 22.6. The Morgan fingerprint density at radius 1 is 0.935 bits per heavy atom. The van der Waals surface area contributed by atoms with Gasteiger partial charge in [0.2, 0.25) is 10.0 Å². The van der Waals surface area contributed by atoms with Crippen LogP contribution in [0.5, 0.6) is 11.5 Å². The van der Waals surface area contributed by atoms with E-state index < -0.39 is 22.0 Å². The van der Waals surface area contributed by atoms with E-state index in [2.05, 4.69) is 10.0 Å². The van der Waals surface area contributed by atoms with Crippen LogP contribution in [0, 0.1) is 0 Å². The molecule has 0 aliphatic carbocycles. The van der Waals surface area contributed by atoms with Gasteiger partial charge < -0.3 is 14.8 Å². The molecule has 0 aromatic heterocycles. The molecule has 3 rings (SSSR count). The SMILES string of the molecule is COc1ccc(S(=O)(=O)NC(C)C)cc1NC(=O)[C@H](C)Oc1cccc2ccccc12. The minimum atomic E-state index is -3.72. The van der Waals surface area contributed by atoms with Crippen molar-refractivity contribution in [3.05, 3.63) is 60.7 Å². The van der Waals surface area contributed by atoms with E-state index in [9.17, 15) is 13.2 Å². The number of benzene rings is 3. The van der Waals surface area contributed by atoms with Crippen LogP contribution in [0.3, 0.4) is 0 Å². The van der Waals surface area contributed by atoms with Gasteiger partial charge in [-0.25, -0.2) is 13.1 Å². The summed E-state index contributed by atoms with van der Waals surface area (Å²) in [6.45, 7) is 5.09. The third-order valence-corrected chi connectivity index (χ3v) is 6.21. The molecule has 1 amide bonds. The Morgan fingerprint density at radius 3 is 2.35 bits per heavy atom. The molecule has 164 valence electrons. The van der Waals surface area contributed by atoms with Crippen LogP contribution in [0.2, 0.25) is 0 Å². The molecule has 0 aliphatic heterocycles. The highest BCUT2D eigenvalue weighted by Crippen LogP contribution is 2.29. The highest BCUT2D eigenvalue weighted by Gasteiger charge is 2.21. The van der Waals surface area contributed by atoms with Crippen molar-refractivity contribution >= 4 is 32.4 Å². The largest absolute Gasteiger partial charge is 0.495 e. The van der Waals surface area contributed by atoms with Gasteiger partial charge in [-0.1, -0.05) is 36.4 Å². The van der Waals surface area contributed by atoms with Gasteiger partial charge in [-0.15, -0.1) is 0 Å². The predicted octanol–water partition coefficient (Wildman–Crippen LogP) is 3.94. The molecular formula is C23H26N2O5S. The monoisotopic (exact) mass is 442 g/mol. The summed E-state index contributed by atoms with van der Waals surface area (Å²) < 4.78 is 38.7. The number of nitrogens with one attached hydrogen (secondary N) is 2. The van der Waals surface area contributed by atoms with E-state index >= 15 is 0 Å². The molecule has 0 saturated carbocycles. The second kappa shape index (κ2) is 9.36. The van der Waals surface area contributed by atoms with Gasteiger partial charge in [0.1, 0.15) is 11.5 Å². The van der Waals surface area contributed by atoms with Gasteiger partial charge in [-0.3, -0.25) is 4.79 Å². The maximum Gasteiger partial charge on any atom is 0.265 e. The normalized spacial score (nSPS) is 12.5. The van der Waals surface area contributed by atoms with Crippen LogP contribution in [0.15, 0.2) is 65.6 Å². The van der Waals surface area contributed by atoms with Crippen LogP contribution >= 0.6 is 0 Å². The summed E-state index contributed by atoms with van der Waals surface area (Å²) in [6.07, 6.45) is -0.829. The maximum absolute atomic E-state index is 12.8. The molecule has 0 bridgehead atoms. The molecule has 3 aromatic rings. The van der Waals surface area contributed by atoms with E-state index in [-0.39, 0.29) is 16.6 Å². The Kier molecular flexibility index (Phi) is 6.82. The molecule has 1 atom stereocenters. The smallest absolute Gasteiger partial charge is 0.265 e. The highest BCUT2D eigenvalue weighted by atomic mass is 32.2. The van der Waals surface area contributed by atoms with Crippen molar-refractivity contribution in [1.29, 1.82) is 0 Å². The van der Waals surface area contributed by atoms with Crippen LogP contribution in [0.25, 0.3) is 10.8 Å². The lowest BCUT2D eigenvalue weighted by molar-refractivity contribution is -0.122. The van der Waals surface area contributed by atoms with E-state index in [4.69, 9.17) is 9.47 Å². The van der Waals surface area contributed by atoms with Crippen molar-refractivity contribution in [2.24, 2.45) is 0 Å². The zero-order chi connectivity index (χ0) is 22.6. The first-order chi connectivity index (χ1) is 14.7. The number of anilines is 1. The molecule has 0 heterocycles. The van der Waals surface area contributed by atoms with Gasteiger partial charge in [0.25, 0.3) is 5.91 Å². The van der Waals surface area contributed by atoms with Crippen molar-refractivity contribution in [3.8, 4) is 11.5 Å². The van der Waals surface area contributed by atoms with Crippen molar-refractivity contribution in [2.75, 3.05) is 12.4 Å². The number of hydrogen-bond acceptors (Lipinski definition) is 5. The van der Waals surface area contributed by atoms with Gasteiger partial charge >= 0.3 is 0 Å². The lowest BCUT2D eigenvalue weighted by atomic mass is 10.1. The molecule has 3 aromatic carbocycles. The second-order valence-corrected chi connectivity index (χ2v) is 9.08. The number of rotatable bonds is 8. The quantitative estimate of drug-likeness (QED) is 0.551. The Balaban J connectivity index is 1.82. The molecule has 0 saturated heterocycles. The topological polar surface area (TPSA) is 93.7 Å². The van der Waals surface area contributed by atoms with Gasteiger partial charge in [0.15, 0.2) is 6.10 Å². The fourth-order valence-electron chi connectivity index (χ4n) is 3.11. The number of fused-ring (bicyclic) bond motifs is 1. The summed E-state index contributed by atoms with van der Waals surface area (Å²) in [5, 5.41) is 4.62. The molecule has 0 spiro atoms. The molecule has 8 heteroatoms. The standard InChI is InChI=1S/C23H26N2O5S/c1-15(2)25-31(27,28)18-12-13-22(29-4)20(14-18)24-23(26)16(3)30-21-11-7-9-17-8-5-6-10-19(17)21/h5-16,25H,1-4H3,(H,24,26)/t16-/m0/s1. The fraction of sp³-hybridized carbons (Fsp3) is 0.261. The summed E-state index contributed by atoms with van der Waals surface area (Å²) in [5.41, 5.74) is 0.243. The van der Waals surface area contributed by atoms with Crippen molar-refractivity contribution in [2.45, 2.75) is 37.8 Å².